The first-order chi connectivity index (χ1) is 8.70. The fourth-order valence-corrected chi connectivity index (χ4v) is 1.91. The van der Waals surface area contributed by atoms with Crippen LogP contribution in [0.1, 0.15) is 35.5 Å². The number of hydrogen-bond donors (Lipinski definition) is 1. The van der Waals surface area contributed by atoms with Gasteiger partial charge in [-0.15, -0.1) is 0 Å². The minimum absolute atomic E-state index is 0.115. The summed E-state index contributed by atoms with van der Waals surface area (Å²) in [7, 11) is 0. The van der Waals surface area contributed by atoms with Crippen molar-refractivity contribution in [2.75, 3.05) is 6.54 Å². The van der Waals surface area contributed by atoms with Crippen molar-refractivity contribution in [3.8, 4) is 0 Å². The molecular formula is C15H19N3. The molecule has 0 aliphatic heterocycles. The Hall–Kier alpha value is -1.74. The van der Waals surface area contributed by atoms with Crippen LogP contribution in [0.3, 0.4) is 0 Å². The third kappa shape index (κ3) is 2.93. The molecule has 0 fully saturated rings. The molecule has 94 valence electrons. The van der Waals surface area contributed by atoms with E-state index in [1.165, 1.54) is 11.1 Å². The maximum absolute atomic E-state index is 4.47. The van der Waals surface area contributed by atoms with Gasteiger partial charge in [0.2, 0.25) is 0 Å². The van der Waals surface area contributed by atoms with Gasteiger partial charge in [0.15, 0.2) is 0 Å². The van der Waals surface area contributed by atoms with Crippen LogP contribution in [-0.4, -0.2) is 16.5 Å². The van der Waals surface area contributed by atoms with Crippen molar-refractivity contribution >= 4 is 0 Å². The highest BCUT2D eigenvalue weighted by molar-refractivity contribution is 5.29. The average molecular weight is 241 g/mol. The van der Waals surface area contributed by atoms with Crippen LogP contribution in [0.2, 0.25) is 0 Å². The molecule has 18 heavy (non-hydrogen) atoms. The summed E-state index contributed by atoms with van der Waals surface area (Å²) in [6.45, 7) is 7.04. The van der Waals surface area contributed by atoms with Gasteiger partial charge in [0.05, 0.1) is 23.6 Å². The molecule has 3 nitrogen and oxygen atoms in total. The molecule has 0 saturated carbocycles. The van der Waals surface area contributed by atoms with Crippen LogP contribution < -0.4 is 5.32 Å². The monoisotopic (exact) mass is 241 g/mol. The van der Waals surface area contributed by atoms with Crippen molar-refractivity contribution < 1.29 is 0 Å². The molecule has 1 unspecified atom stereocenters. The Morgan fingerprint density at radius 3 is 2.33 bits per heavy atom. The van der Waals surface area contributed by atoms with E-state index in [0.717, 1.165) is 17.9 Å². The lowest BCUT2D eigenvalue weighted by atomic mass is 10.0. The highest BCUT2D eigenvalue weighted by Crippen LogP contribution is 2.20. The van der Waals surface area contributed by atoms with Crippen molar-refractivity contribution in [3.05, 3.63) is 59.2 Å². The molecule has 0 radical (unpaired) electrons. The largest absolute Gasteiger partial charge is 0.305 e. The zero-order valence-electron chi connectivity index (χ0n) is 11.1. The standard InChI is InChI=1S/C15H19N3/c1-4-16-15(13-7-5-11(2)6-8-13)14-10-17-12(3)9-18-14/h5-10,15-16H,4H2,1-3H3. The maximum Gasteiger partial charge on any atom is 0.0801 e. The van der Waals surface area contributed by atoms with E-state index in [4.69, 9.17) is 0 Å². The number of aryl methyl sites for hydroxylation is 2. The molecular weight excluding hydrogens is 222 g/mol. The zero-order chi connectivity index (χ0) is 13.0. The summed E-state index contributed by atoms with van der Waals surface area (Å²) >= 11 is 0. The second-order valence-electron chi connectivity index (χ2n) is 4.48. The van der Waals surface area contributed by atoms with Gasteiger partial charge in [0.25, 0.3) is 0 Å². The van der Waals surface area contributed by atoms with Crippen LogP contribution in [-0.2, 0) is 0 Å². The molecule has 1 aromatic heterocycles. The van der Waals surface area contributed by atoms with E-state index < -0.39 is 0 Å². The van der Waals surface area contributed by atoms with Gasteiger partial charge in [-0.3, -0.25) is 9.97 Å². The summed E-state index contributed by atoms with van der Waals surface area (Å²) in [5.74, 6) is 0. The minimum Gasteiger partial charge on any atom is -0.305 e. The topological polar surface area (TPSA) is 37.8 Å². The Bertz CT molecular complexity index is 443. The predicted octanol–water partition coefficient (Wildman–Crippen LogP) is 2.79. The molecule has 0 saturated heterocycles. The van der Waals surface area contributed by atoms with Gasteiger partial charge in [-0.05, 0) is 26.0 Å². The smallest absolute Gasteiger partial charge is 0.0801 e. The molecule has 0 bridgehead atoms. The zero-order valence-corrected chi connectivity index (χ0v) is 11.1. The van der Waals surface area contributed by atoms with Crippen LogP contribution in [0.4, 0.5) is 0 Å². The van der Waals surface area contributed by atoms with Crippen molar-refractivity contribution in [1.82, 2.24) is 15.3 Å². The Balaban J connectivity index is 2.33. The van der Waals surface area contributed by atoms with Crippen LogP contribution in [0, 0.1) is 13.8 Å². The highest BCUT2D eigenvalue weighted by Gasteiger charge is 2.14. The molecule has 3 heteroatoms. The summed E-state index contributed by atoms with van der Waals surface area (Å²) in [5.41, 5.74) is 4.40. The molecule has 0 spiro atoms. The van der Waals surface area contributed by atoms with Gasteiger partial charge in [-0.2, -0.15) is 0 Å². The third-order valence-electron chi connectivity index (χ3n) is 2.92. The summed E-state index contributed by atoms with van der Waals surface area (Å²) < 4.78 is 0. The SMILES string of the molecule is CCNC(c1ccc(C)cc1)c1cnc(C)cn1. The molecule has 1 aromatic carbocycles. The van der Waals surface area contributed by atoms with Gasteiger partial charge in [0.1, 0.15) is 0 Å². The lowest BCUT2D eigenvalue weighted by Crippen LogP contribution is -2.23. The van der Waals surface area contributed by atoms with E-state index in [9.17, 15) is 0 Å². The van der Waals surface area contributed by atoms with E-state index in [0.29, 0.717) is 0 Å². The van der Waals surface area contributed by atoms with E-state index >= 15 is 0 Å². The minimum atomic E-state index is 0.115. The molecule has 2 rings (SSSR count). The van der Waals surface area contributed by atoms with E-state index in [1.807, 2.05) is 19.3 Å². The van der Waals surface area contributed by atoms with Gasteiger partial charge in [0, 0.05) is 6.20 Å². The number of hydrogen-bond acceptors (Lipinski definition) is 3. The Labute approximate surface area is 108 Å². The summed E-state index contributed by atoms with van der Waals surface area (Å²) in [6.07, 6.45) is 3.66. The number of rotatable bonds is 4. The van der Waals surface area contributed by atoms with Gasteiger partial charge >= 0.3 is 0 Å². The summed E-state index contributed by atoms with van der Waals surface area (Å²) in [6, 6.07) is 8.65. The van der Waals surface area contributed by atoms with Crippen LogP contribution in [0.25, 0.3) is 0 Å². The summed E-state index contributed by atoms with van der Waals surface area (Å²) in [4.78, 5) is 8.79. The van der Waals surface area contributed by atoms with E-state index in [-0.39, 0.29) is 6.04 Å². The molecule has 0 aliphatic carbocycles. The fourth-order valence-electron chi connectivity index (χ4n) is 1.91. The van der Waals surface area contributed by atoms with Crippen LogP contribution >= 0.6 is 0 Å². The first-order valence-corrected chi connectivity index (χ1v) is 6.29. The van der Waals surface area contributed by atoms with Crippen LogP contribution in [0.15, 0.2) is 36.7 Å². The first-order valence-electron chi connectivity index (χ1n) is 6.29. The van der Waals surface area contributed by atoms with Crippen LogP contribution in [0.5, 0.6) is 0 Å². The molecule has 2 aromatic rings. The van der Waals surface area contributed by atoms with Crippen molar-refractivity contribution in [1.29, 1.82) is 0 Å². The predicted molar refractivity (Wildman–Crippen MR) is 73.5 cm³/mol. The normalized spacial score (nSPS) is 12.4. The lowest BCUT2D eigenvalue weighted by molar-refractivity contribution is 0.612. The molecule has 1 heterocycles. The van der Waals surface area contributed by atoms with Crippen molar-refractivity contribution in [2.24, 2.45) is 0 Å². The van der Waals surface area contributed by atoms with Gasteiger partial charge in [-0.1, -0.05) is 36.8 Å². The van der Waals surface area contributed by atoms with E-state index in [1.54, 1.807) is 0 Å². The fraction of sp³-hybridized carbons (Fsp3) is 0.333. The Morgan fingerprint density at radius 2 is 1.78 bits per heavy atom. The maximum atomic E-state index is 4.47. The quantitative estimate of drug-likeness (QED) is 0.894. The Kier molecular flexibility index (Phi) is 4.05. The second-order valence-corrected chi connectivity index (χ2v) is 4.48. The van der Waals surface area contributed by atoms with Crippen molar-refractivity contribution in [3.63, 3.8) is 0 Å². The average Bonchev–Trinajstić information content (AvgIpc) is 2.39. The van der Waals surface area contributed by atoms with Gasteiger partial charge in [-0.25, -0.2) is 0 Å². The number of nitrogens with zero attached hydrogens (tertiary/aromatic N) is 2. The lowest BCUT2D eigenvalue weighted by Gasteiger charge is -2.17. The van der Waals surface area contributed by atoms with Crippen molar-refractivity contribution in [2.45, 2.75) is 26.8 Å². The Morgan fingerprint density at radius 1 is 1.06 bits per heavy atom. The highest BCUT2D eigenvalue weighted by atomic mass is 14.9. The van der Waals surface area contributed by atoms with Gasteiger partial charge < -0.3 is 5.32 Å². The third-order valence-corrected chi connectivity index (χ3v) is 2.92. The molecule has 0 amide bonds. The van der Waals surface area contributed by atoms with E-state index in [2.05, 4.69) is 53.4 Å². The molecule has 1 atom stereocenters. The molecule has 1 N–H and O–H groups in total. The number of benzene rings is 1. The second kappa shape index (κ2) is 5.74. The number of aromatic nitrogens is 2. The molecule has 0 aliphatic rings. The first kappa shape index (κ1) is 12.7. The number of nitrogens with one attached hydrogen (secondary N) is 1. The summed E-state index contributed by atoms with van der Waals surface area (Å²) in [5, 5.41) is 3.45.